The predicted octanol–water partition coefficient (Wildman–Crippen LogP) is 8.49. The van der Waals surface area contributed by atoms with Crippen LogP contribution >= 0.6 is 0 Å². The van der Waals surface area contributed by atoms with Crippen LogP contribution in [0.15, 0.2) is 0 Å². The Bertz CT molecular complexity index is 630. The number of hydrogen-bond donors (Lipinski definition) is 0. The van der Waals surface area contributed by atoms with Gasteiger partial charge in [0.05, 0.1) is 5.60 Å². The van der Waals surface area contributed by atoms with Gasteiger partial charge in [-0.15, -0.1) is 0 Å². The maximum Gasteiger partial charge on any atom is 0.147 e. The molecule has 4 rings (SSSR count). The zero-order valence-electron chi connectivity index (χ0n) is 22.6. The van der Waals surface area contributed by atoms with E-state index in [1.807, 2.05) is 0 Å². The first-order valence-electron chi connectivity index (χ1n) is 14.3. The highest BCUT2D eigenvalue weighted by molar-refractivity contribution is 5.10. The van der Waals surface area contributed by atoms with E-state index in [0.29, 0.717) is 17.6 Å². The molecule has 0 aliphatic heterocycles. The Hall–Kier alpha value is -0.0800. The van der Waals surface area contributed by atoms with E-state index in [-0.39, 0.29) is 5.60 Å². The van der Waals surface area contributed by atoms with E-state index in [9.17, 15) is 0 Å². The molecule has 0 radical (unpaired) electrons. The molecule has 0 N–H and O–H groups in total. The molecule has 0 aromatic carbocycles. The number of fused-ring (bicyclic) bond motifs is 5. The SMILES string of the molecule is COCO[C@]1(C)CC[C@@]2(C)[C@@H](CC[C@@H]3[C@@H]2CC[C@]2(C)[C@@H]([C@H](C)CCCC(C)C)CC[C@@H]32)C1. The summed E-state index contributed by atoms with van der Waals surface area (Å²) in [5.74, 6) is 6.54. The van der Waals surface area contributed by atoms with Crippen LogP contribution in [0, 0.1) is 52.3 Å². The minimum absolute atomic E-state index is 0.0279. The van der Waals surface area contributed by atoms with Gasteiger partial charge in [-0.05, 0) is 117 Å². The van der Waals surface area contributed by atoms with Crippen LogP contribution in [0.3, 0.4) is 0 Å². The lowest BCUT2D eigenvalue weighted by molar-refractivity contribution is -0.189. The number of ether oxygens (including phenoxy) is 2. The highest BCUT2D eigenvalue weighted by Crippen LogP contribution is 2.69. The molecule has 2 nitrogen and oxygen atoms in total. The summed E-state index contributed by atoms with van der Waals surface area (Å²) in [7, 11) is 1.75. The lowest BCUT2D eigenvalue weighted by atomic mass is 9.43. The van der Waals surface area contributed by atoms with E-state index < -0.39 is 0 Å². The topological polar surface area (TPSA) is 18.5 Å². The molecule has 4 saturated carbocycles. The lowest BCUT2D eigenvalue weighted by Gasteiger charge is -2.62. The fraction of sp³-hybridized carbons (Fsp3) is 1.00. The smallest absolute Gasteiger partial charge is 0.147 e. The van der Waals surface area contributed by atoms with Crippen molar-refractivity contribution >= 4 is 0 Å². The highest BCUT2D eigenvalue weighted by Gasteiger charge is 2.61. The fourth-order valence-corrected chi connectivity index (χ4v) is 9.77. The van der Waals surface area contributed by atoms with Crippen molar-refractivity contribution in [2.75, 3.05) is 13.9 Å². The molecule has 0 aromatic rings. The van der Waals surface area contributed by atoms with Crippen LogP contribution in [0.5, 0.6) is 0 Å². The number of methoxy groups -OCH3 is 1. The van der Waals surface area contributed by atoms with Crippen LogP contribution in [0.25, 0.3) is 0 Å². The van der Waals surface area contributed by atoms with Crippen molar-refractivity contribution < 1.29 is 9.47 Å². The zero-order chi connectivity index (χ0) is 23.1. The number of rotatable bonds is 8. The van der Waals surface area contributed by atoms with Gasteiger partial charge >= 0.3 is 0 Å². The first-order chi connectivity index (χ1) is 15.1. The van der Waals surface area contributed by atoms with Gasteiger partial charge in [0.25, 0.3) is 0 Å². The van der Waals surface area contributed by atoms with Gasteiger partial charge in [0.1, 0.15) is 6.79 Å². The Morgan fingerprint density at radius 1 is 0.812 bits per heavy atom. The average Bonchev–Trinajstić information content (AvgIpc) is 3.10. The lowest BCUT2D eigenvalue weighted by Crippen LogP contribution is -2.56. The van der Waals surface area contributed by atoms with E-state index in [1.54, 1.807) is 7.11 Å². The van der Waals surface area contributed by atoms with E-state index in [1.165, 1.54) is 77.0 Å². The third kappa shape index (κ3) is 4.46. The van der Waals surface area contributed by atoms with Gasteiger partial charge in [0.15, 0.2) is 0 Å². The monoisotopic (exact) mass is 446 g/mol. The molecule has 9 atom stereocenters. The van der Waals surface area contributed by atoms with Gasteiger partial charge in [-0.1, -0.05) is 53.9 Å². The molecule has 186 valence electrons. The second kappa shape index (κ2) is 9.52. The van der Waals surface area contributed by atoms with Crippen LogP contribution in [0.4, 0.5) is 0 Å². The molecular weight excluding hydrogens is 392 g/mol. The Labute approximate surface area is 200 Å². The number of hydrogen-bond acceptors (Lipinski definition) is 2. The molecule has 4 aliphatic rings. The second-order valence-electron chi connectivity index (χ2n) is 13.9. The van der Waals surface area contributed by atoms with Gasteiger partial charge in [0.2, 0.25) is 0 Å². The first kappa shape index (κ1) is 25.0. The molecule has 2 heteroatoms. The van der Waals surface area contributed by atoms with Crippen molar-refractivity contribution in [2.45, 2.75) is 124 Å². The van der Waals surface area contributed by atoms with E-state index in [4.69, 9.17) is 9.47 Å². The van der Waals surface area contributed by atoms with Crippen LogP contribution in [-0.2, 0) is 9.47 Å². The first-order valence-corrected chi connectivity index (χ1v) is 14.3. The molecule has 4 fully saturated rings. The molecule has 0 bridgehead atoms. The Kier molecular flexibility index (Phi) is 7.45. The van der Waals surface area contributed by atoms with Crippen molar-refractivity contribution in [1.29, 1.82) is 0 Å². The van der Waals surface area contributed by atoms with Crippen molar-refractivity contribution in [1.82, 2.24) is 0 Å². The maximum absolute atomic E-state index is 6.20. The summed E-state index contributed by atoms with van der Waals surface area (Å²) in [6.45, 7) is 15.6. The normalized spacial score (nSPS) is 47.1. The summed E-state index contributed by atoms with van der Waals surface area (Å²) >= 11 is 0. The summed E-state index contributed by atoms with van der Waals surface area (Å²) < 4.78 is 11.5. The minimum Gasteiger partial charge on any atom is -0.359 e. The molecule has 0 saturated heterocycles. The Morgan fingerprint density at radius 2 is 1.56 bits per heavy atom. The standard InChI is InChI=1S/C30H54O2/c1-21(2)9-8-10-22(3)25-13-14-26-24-12-11-23-19-28(4,32-20-31-7)17-18-29(23,5)27(24)15-16-30(25,26)6/h21-27H,8-20H2,1-7H3/t22-,23+,24+,25-,26+,27+,28-,29+,30-/m1/s1. The summed E-state index contributed by atoms with van der Waals surface area (Å²) in [6, 6.07) is 0. The summed E-state index contributed by atoms with van der Waals surface area (Å²) in [5, 5.41) is 0. The molecule has 0 unspecified atom stereocenters. The van der Waals surface area contributed by atoms with Crippen molar-refractivity contribution in [2.24, 2.45) is 52.3 Å². The van der Waals surface area contributed by atoms with E-state index in [0.717, 1.165) is 41.4 Å². The second-order valence-corrected chi connectivity index (χ2v) is 13.9. The van der Waals surface area contributed by atoms with Gasteiger partial charge in [-0.2, -0.15) is 0 Å². The fourth-order valence-electron chi connectivity index (χ4n) is 9.77. The van der Waals surface area contributed by atoms with Gasteiger partial charge < -0.3 is 9.47 Å². The molecule has 0 heterocycles. The molecule has 0 amide bonds. The third-order valence-corrected chi connectivity index (χ3v) is 11.7. The minimum atomic E-state index is 0.0279. The van der Waals surface area contributed by atoms with E-state index in [2.05, 4.69) is 41.5 Å². The van der Waals surface area contributed by atoms with Crippen molar-refractivity contribution in [3.8, 4) is 0 Å². The molecule has 0 aromatic heterocycles. The van der Waals surface area contributed by atoms with Crippen LogP contribution in [0.2, 0.25) is 0 Å². The van der Waals surface area contributed by atoms with E-state index >= 15 is 0 Å². The zero-order valence-corrected chi connectivity index (χ0v) is 22.6. The molecule has 0 spiro atoms. The summed E-state index contributed by atoms with van der Waals surface area (Å²) in [4.78, 5) is 0. The Morgan fingerprint density at radius 3 is 2.28 bits per heavy atom. The summed E-state index contributed by atoms with van der Waals surface area (Å²) in [6.07, 6.45) is 17.1. The van der Waals surface area contributed by atoms with Gasteiger partial charge in [-0.25, -0.2) is 0 Å². The van der Waals surface area contributed by atoms with Gasteiger partial charge in [0, 0.05) is 7.11 Å². The maximum atomic E-state index is 6.20. The van der Waals surface area contributed by atoms with Crippen LogP contribution in [0.1, 0.15) is 119 Å². The largest absolute Gasteiger partial charge is 0.359 e. The molecule has 4 aliphatic carbocycles. The molecular formula is C30H54O2. The molecule has 32 heavy (non-hydrogen) atoms. The Balaban J connectivity index is 1.43. The van der Waals surface area contributed by atoms with Crippen LogP contribution < -0.4 is 0 Å². The van der Waals surface area contributed by atoms with Crippen molar-refractivity contribution in [3.05, 3.63) is 0 Å². The predicted molar refractivity (Wildman–Crippen MR) is 134 cm³/mol. The van der Waals surface area contributed by atoms with Crippen LogP contribution in [-0.4, -0.2) is 19.5 Å². The summed E-state index contributed by atoms with van der Waals surface area (Å²) in [5.41, 5.74) is 1.19. The average molecular weight is 447 g/mol. The quantitative estimate of drug-likeness (QED) is 0.348. The van der Waals surface area contributed by atoms with Crippen molar-refractivity contribution in [3.63, 3.8) is 0 Å². The third-order valence-electron chi connectivity index (χ3n) is 11.7. The highest BCUT2D eigenvalue weighted by atomic mass is 16.7. The van der Waals surface area contributed by atoms with Gasteiger partial charge in [-0.3, -0.25) is 0 Å².